The first-order chi connectivity index (χ1) is 6.58. The smallest absolute Gasteiger partial charge is 0.286 e. The lowest BCUT2D eigenvalue weighted by atomic mass is 10.2. The third-order valence-corrected chi connectivity index (χ3v) is 4.00. The van der Waals surface area contributed by atoms with Gasteiger partial charge in [-0.1, -0.05) is 0 Å². The zero-order chi connectivity index (χ0) is 10.3. The fourth-order valence-electron chi connectivity index (χ4n) is 1.14. The van der Waals surface area contributed by atoms with Gasteiger partial charge in [0, 0.05) is 0 Å². The van der Waals surface area contributed by atoms with Crippen LogP contribution in [0.5, 0.6) is 0 Å². The van der Waals surface area contributed by atoms with E-state index >= 15 is 0 Å². The molecule has 2 aliphatic heterocycles. The summed E-state index contributed by atoms with van der Waals surface area (Å²) in [4.78, 5) is 44.0. The van der Waals surface area contributed by atoms with Gasteiger partial charge in [0.2, 0.25) is 11.8 Å². The van der Waals surface area contributed by atoms with E-state index in [0.717, 1.165) is 23.5 Å². The lowest BCUT2D eigenvalue weighted by Gasteiger charge is -2.07. The number of hydrogen-bond donors (Lipinski definition) is 2. The average molecular weight is 232 g/mol. The summed E-state index contributed by atoms with van der Waals surface area (Å²) in [6.45, 7) is 0. The number of amides is 4. The van der Waals surface area contributed by atoms with E-state index in [1.807, 2.05) is 0 Å². The Labute approximate surface area is 86.5 Å². The molecule has 2 aliphatic rings. The van der Waals surface area contributed by atoms with E-state index in [2.05, 4.69) is 10.6 Å². The minimum absolute atomic E-state index is 0.479. The first-order valence-electron chi connectivity index (χ1n) is 3.61. The summed E-state index contributed by atoms with van der Waals surface area (Å²) in [5, 5.41) is 1.58. The van der Waals surface area contributed by atoms with Crippen molar-refractivity contribution in [1.82, 2.24) is 10.6 Å². The molecular formula is C6H4N2O4S2. The molecule has 0 saturated carbocycles. The van der Waals surface area contributed by atoms with Crippen LogP contribution in [0.2, 0.25) is 0 Å². The van der Waals surface area contributed by atoms with Crippen LogP contribution in [-0.4, -0.2) is 32.8 Å². The van der Waals surface area contributed by atoms with Gasteiger partial charge in [0.25, 0.3) is 10.5 Å². The SMILES string of the molecule is O=C1NC(=O)[C@H]([C@H]2SC(=O)NC2=O)S1. The topological polar surface area (TPSA) is 92.3 Å². The van der Waals surface area contributed by atoms with E-state index in [1.54, 1.807) is 0 Å². The maximum absolute atomic E-state index is 11.2. The molecule has 2 rings (SSSR count). The van der Waals surface area contributed by atoms with Crippen LogP contribution in [0.25, 0.3) is 0 Å². The standard InChI is InChI=1S/C6H4N2O4S2/c9-3-1(13-5(11)7-3)2-4(10)8-6(12)14-2/h1-2H,(H,7,9,11)(H,8,10,12)/t1-,2+. The first-order valence-corrected chi connectivity index (χ1v) is 5.37. The van der Waals surface area contributed by atoms with Crippen LogP contribution in [0.3, 0.4) is 0 Å². The molecule has 0 aromatic rings. The molecule has 2 heterocycles. The molecule has 0 aliphatic carbocycles. The van der Waals surface area contributed by atoms with Crippen molar-refractivity contribution in [3.63, 3.8) is 0 Å². The highest BCUT2D eigenvalue weighted by atomic mass is 32.2. The van der Waals surface area contributed by atoms with Crippen molar-refractivity contribution in [1.29, 1.82) is 0 Å². The van der Waals surface area contributed by atoms with Gasteiger partial charge < -0.3 is 0 Å². The molecule has 2 fully saturated rings. The Morgan fingerprint density at radius 3 is 1.36 bits per heavy atom. The second kappa shape index (κ2) is 3.28. The Morgan fingerprint density at radius 2 is 1.14 bits per heavy atom. The highest BCUT2D eigenvalue weighted by Crippen LogP contribution is 2.32. The van der Waals surface area contributed by atoms with Crippen molar-refractivity contribution in [2.24, 2.45) is 0 Å². The van der Waals surface area contributed by atoms with Crippen LogP contribution < -0.4 is 10.6 Å². The lowest BCUT2D eigenvalue weighted by molar-refractivity contribution is -0.123. The second-order valence-corrected chi connectivity index (χ2v) is 4.86. The van der Waals surface area contributed by atoms with Gasteiger partial charge in [-0.2, -0.15) is 0 Å². The highest BCUT2D eigenvalue weighted by Gasteiger charge is 2.46. The van der Waals surface area contributed by atoms with E-state index in [1.165, 1.54) is 0 Å². The number of thioether (sulfide) groups is 2. The van der Waals surface area contributed by atoms with Crippen molar-refractivity contribution in [3.05, 3.63) is 0 Å². The van der Waals surface area contributed by atoms with Crippen molar-refractivity contribution in [2.45, 2.75) is 10.5 Å². The minimum Gasteiger partial charge on any atom is -0.286 e. The van der Waals surface area contributed by atoms with E-state index in [4.69, 9.17) is 0 Å². The first kappa shape index (κ1) is 9.53. The van der Waals surface area contributed by atoms with Gasteiger partial charge in [-0.3, -0.25) is 29.8 Å². The Hall–Kier alpha value is -1.02. The molecule has 6 nitrogen and oxygen atoms in total. The largest absolute Gasteiger partial charge is 0.286 e. The summed E-state index contributed by atoms with van der Waals surface area (Å²) in [5.74, 6) is -1.02. The number of nitrogens with one attached hydrogen (secondary N) is 2. The molecule has 0 aromatic carbocycles. The highest BCUT2D eigenvalue weighted by molar-refractivity contribution is 8.19. The molecule has 2 saturated heterocycles. The normalized spacial score (nSPS) is 32.0. The third-order valence-electron chi connectivity index (χ3n) is 1.71. The van der Waals surface area contributed by atoms with Gasteiger partial charge in [-0.05, 0) is 23.5 Å². The molecule has 0 unspecified atom stereocenters. The number of carbonyl (C=O) groups excluding carboxylic acids is 4. The Balaban J connectivity index is 2.16. The second-order valence-electron chi connectivity index (χ2n) is 2.63. The predicted molar refractivity (Wildman–Crippen MR) is 49.8 cm³/mol. The molecule has 0 spiro atoms. The van der Waals surface area contributed by atoms with E-state index < -0.39 is 32.8 Å². The zero-order valence-electron chi connectivity index (χ0n) is 6.60. The molecule has 74 valence electrons. The molecule has 2 N–H and O–H groups in total. The Morgan fingerprint density at radius 1 is 0.786 bits per heavy atom. The van der Waals surface area contributed by atoms with Gasteiger partial charge in [-0.25, -0.2) is 0 Å². The van der Waals surface area contributed by atoms with E-state index in [9.17, 15) is 19.2 Å². The van der Waals surface area contributed by atoms with Crippen LogP contribution in [0.4, 0.5) is 9.59 Å². The molecule has 0 aromatic heterocycles. The molecule has 0 radical (unpaired) electrons. The van der Waals surface area contributed by atoms with E-state index in [-0.39, 0.29) is 0 Å². The number of rotatable bonds is 1. The zero-order valence-corrected chi connectivity index (χ0v) is 8.24. The fraction of sp³-hybridized carbons (Fsp3) is 0.333. The molecule has 0 bridgehead atoms. The third kappa shape index (κ3) is 1.50. The van der Waals surface area contributed by atoms with Crippen molar-refractivity contribution < 1.29 is 19.2 Å². The maximum Gasteiger partial charge on any atom is 0.286 e. The minimum atomic E-state index is -0.793. The van der Waals surface area contributed by atoms with Crippen molar-refractivity contribution >= 4 is 45.8 Å². The van der Waals surface area contributed by atoms with Crippen LogP contribution in [0, 0.1) is 0 Å². The van der Waals surface area contributed by atoms with E-state index in [0.29, 0.717) is 0 Å². The molecular weight excluding hydrogens is 228 g/mol. The number of hydrogen-bond acceptors (Lipinski definition) is 6. The predicted octanol–water partition coefficient (Wildman–Crippen LogP) is -0.310. The van der Waals surface area contributed by atoms with Crippen LogP contribution in [0.1, 0.15) is 0 Å². The Bertz CT molecular complexity index is 322. The monoisotopic (exact) mass is 232 g/mol. The number of imide groups is 2. The quantitative estimate of drug-likeness (QED) is 0.644. The van der Waals surface area contributed by atoms with Gasteiger partial charge in [0.15, 0.2) is 0 Å². The van der Waals surface area contributed by atoms with Crippen molar-refractivity contribution in [2.75, 3.05) is 0 Å². The van der Waals surface area contributed by atoms with Crippen molar-refractivity contribution in [3.8, 4) is 0 Å². The summed E-state index contributed by atoms with van der Waals surface area (Å²) in [5.41, 5.74) is 0. The summed E-state index contributed by atoms with van der Waals surface area (Å²) >= 11 is 1.49. The van der Waals surface area contributed by atoms with Gasteiger partial charge in [0.1, 0.15) is 10.5 Å². The summed E-state index contributed by atoms with van der Waals surface area (Å²) in [6.07, 6.45) is 0. The average Bonchev–Trinajstić information content (AvgIpc) is 2.55. The Kier molecular flexibility index (Phi) is 2.23. The maximum atomic E-state index is 11.2. The summed E-state index contributed by atoms with van der Waals surface area (Å²) in [6, 6.07) is 0. The molecule has 4 amide bonds. The van der Waals surface area contributed by atoms with Gasteiger partial charge in [0.05, 0.1) is 0 Å². The fourth-order valence-corrected chi connectivity index (χ4v) is 3.08. The summed E-state index contributed by atoms with van der Waals surface area (Å²) < 4.78 is 0. The van der Waals surface area contributed by atoms with Crippen LogP contribution in [0.15, 0.2) is 0 Å². The number of carbonyl (C=O) groups is 4. The van der Waals surface area contributed by atoms with Gasteiger partial charge in [-0.15, -0.1) is 0 Å². The molecule has 2 atom stereocenters. The summed E-state index contributed by atoms with van der Waals surface area (Å²) in [7, 11) is 0. The van der Waals surface area contributed by atoms with Crippen LogP contribution in [-0.2, 0) is 9.59 Å². The molecule has 14 heavy (non-hydrogen) atoms. The van der Waals surface area contributed by atoms with Gasteiger partial charge >= 0.3 is 0 Å². The van der Waals surface area contributed by atoms with Crippen LogP contribution >= 0.6 is 23.5 Å². The lowest BCUT2D eigenvalue weighted by Crippen LogP contribution is -2.36. The molecule has 8 heteroatoms.